The minimum Gasteiger partial charge on any atom is -0.508 e. The molecular formula is C30H36N2O4. The highest BCUT2D eigenvalue weighted by Crippen LogP contribution is 2.19. The Bertz CT molecular complexity index is 1150. The first-order chi connectivity index (χ1) is 17.1. The van der Waals surface area contributed by atoms with Crippen LogP contribution in [-0.2, 0) is 28.8 Å². The zero-order valence-corrected chi connectivity index (χ0v) is 21.3. The van der Waals surface area contributed by atoms with E-state index in [2.05, 4.69) is 5.32 Å². The predicted molar refractivity (Wildman–Crippen MR) is 143 cm³/mol. The van der Waals surface area contributed by atoms with Crippen molar-refractivity contribution in [2.24, 2.45) is 0 Å². The largest absolute Gasteiger partial charge is 0.508 e. The van der Waals surface area contributed by atoms with Crippen LogP contribution in [0.3, 0.4) is 0 Å². The molecule has 190 valence electrons. The van der Waals surface area contributed by atoms with Gasteiger partial charge in [0.05, 0.1) is 0 Å². The van der Waals surface area contributed by atoms with Crippen LogP contribution in [0.2, 0.25) is 0 Å². The van der Waals surface area contributed by atoms with Gasteiger partial charge in [0.2, 0.25) is 0 Å². The fraction of sp³-hybridized carbons (Fsp3) is 0.333. The highest BCUT2D eigenvalue weighted by molar-refractivity contribution is 5.97. The summed E-state index contributed by atoms with van der Waals surface area (Å²) in [5, 5.41) is 12.3. The molecule has 1 atom stereocenters. The van der Waals surface area contributed by atoms with Crippen molar-refractivity contribution in [2.45, 2.75) is 64.5 Å². The Hall–Kier alpha value is -3.80. The summed E-state index contributed by atoms with van der Waals surface area (Å²) in [6.45, 7) is 5.43. The predicted octanol–water partition coefficient (Wildman–Crippen LogP) is 5.22. The second kappa shape index (κ2) is 12.2. The van der Waals surface area contributed by atoms with Crippen molar-refractivity contribution < 1.29 is 19.4 Å². The summed E-state index contributed by atoms with van der Waals surface area (Å²) in [4.78, 5) is 26.0. The fourth-order valence-electron chi connectivity index (χ4n) is 3.93. The maximum atomic E-state index is 13.1. The molecular weight excluding hydrogens is 452 g/mol. The number of phenolic OH excluding ortho intramolecular Hbond substituents is 1. The number of hydrogen-bond acceptors (Lipinski definition) is 5. The molecule has 0 spiro atoms. The minimum absolute atomic E-state index is 0.246. The number of aryl methyl sites for hydroxylation is 3. The van der Waals surface area contributed by atoms with E-state index in [0.717, 1.165) is 29.5 Å². The molecule has 3 aromatic carbocycles. The van der Waals surface area contributed by atoms with Crippen LogP contribution >= 0.6 is 0 Å². The van der Waals surface area contributed by atoms with Crippen LogP contribution in [0.4, 0.5) is 5.69 Å². The molecule has 0 saturated carbocycles. The number of anilines is 1. The molecule has 0 radical (unpaired) electrons. The number of nitrogens with one attached hydrogen (secondary N) is 1. The average molecular weight is 489 g/mol. The van der Waals surface area contributed by atoms with E-state index < -0.39 is 17.6 Å². The number of rotatable bonds is 10. The summed E-state index contributed by atoms with van der Waals surface area (Å²) in [5.41, 5.74) is 9.71. The van der Waals surface area contributed by atoms with Crippen molar-refractivity contribution in [1.82, 2.24) is 5.32 Å². The summed E-state index contributed by atoms with van der Waals surface area (Å²) >= 11 is 0. The van der Waals surface area contributed by atoms with Crippen LogP contribution in [0, 0.1) is 0 Å². The maximum absolute atomic E-state index is 13.1. The van der Waals surface area contributed by atoms with E-state index in [-0.39, 0.29) is 11.7 Å². The van der Waals surface area contributed by atoms with Crippen molar-refractivity contribution in [3.05, 3.63) is 95.1 Å². The molecule has 0 aliphatic rings. The minimum atomic E-state index is -0.771. The van der Waals surface area contributed by atoms with Crippen LogP contribution in [0.25, 0.3) is 0 Å². The SMILES string of the molecule is CC(C)(C)OC(=O)[C@H](CCc1ccccc1)NC(=O)c1ccc(N)c(CCCc2ccc(O)cc2)c1. The number of hydrogen-bond donors (Lipinski definition) is 3. The van der Waals surface area contributed by atoms with Crippen LogP contribution in [-0.4, -0.2) is 28.6 Å². The van der Waals surface area contributed by atoms with Gasteiger partial charge in [-0.05, 0) is 99.9 Å². The first kappa shape index (κ1) is 26.8. The molecule has 6 nitrogen and oxygen atoms in total. The van der Waals surface area contributed by atoms with E-state index in [1.54, 1.807) is 30.3 Å². The topological polar surface area (TPSA) is 102 Å². The van der Waals surface area contributed by atoms with Gasteiger partial charge in [0.25, 0.3) is 5.91 Å². The Kier molecular flexibility index (Phi) is 9.12. The Balaban J connectivity index is 1.67. The third-order valence-corrected chi connectivity index (χ3v) is 5.81. The van der Waals surface area contributed by atoms with Gasteiger partial charge in [-0.3, -0.25) is 4.79 Å². The van der Waals surface area contributed by atoms with Gasteiger partial charge in [-0.15, -0.1) is 0 Å². The molecule has 0 heterocycles. The molecule has 0 saturated heterocycles. The lowest BCUT2D eigenvalue weighted by atomic mass is 10.00. The zero-order valence-electron chi connectivity index (χ0n) is 21.3. The molecule has 3 aromatic rings. The van der Waals surface area contributed by atoms with Crippen LogP contribution in [0.15, 0.2) is 72.8 Å². The highest BCUT2D eigenvalue weighted by Gasteiger charge is 2.27. The molecule has 0 unspecified atom stereocenters. The number of carbonyl (C=O) groups is 2. The molecule has 0 fully saturated rings. The Morgan fingerprint density at radius 1 is 0.917 bits per heavy atom. The third-order valence-electron chi connectivity index (χ3n) is 5.81. The normalized spacial score (nSPS) is 12.1. The Morgan fingerprint density at radius 3 is 2.25 bits per heavy atom. The van der Waals surface area contributed by atoms with E-state index in [1.807, 2.05) is 63.2 Å². The van der Waals surface area contributed by atoms with Crippen LogP contribution in [0.1, 0.15) is 60.7 Å². The fourth-order valence-corrected chi connectivity index (χ4v) is 3.93. The van der Waals surface area contributed by atoms with E-state index in [4.69, 9.17) is 10.5 Å². The van der Waals surface area contributed by atoms with Crippen LogP contribution in [0.5, 0.6) is 5.75 Å². The maximum Gasteiger partial charge on any atom is 0.329 e. The van der Waals surface area contributed by atoms with Crippen LogP contribution < -0.4 is 11.1 Å². The lowest BCUT2D eigenvalue weighted by molar-refractivity contribution is -0.157. The molecule has 6 heteroatoms. The van der Waals surface area contributed by atoms with Gasteiger partial charge in [-0.2, -0.15) is 0 Å². The standard InChI is InChI=1S/C30H36N2O4/c1-30(2,3)36-29(35)27(19-14-21-8-5-4-6-9-21)32-28(34)24-15-18-26(31)23(20-24)11-7-10-22-12-16-25(33)17-13-22/h4-6,8-9,12-13,15-18,20,27,33H,7,10-11,14,19,31H2,1-3H3,(H,32,34)/t27-/m0/s1. The quantitative estimate of drug-likeness (QED) is 0.268. The van der Waals surface area contributed by atoms with Crippen molar-refractivity contribution in [2.75, 3.05) is 5.73 Å². The number of nitrogens with two attached hydrogens (primary N) is 1. The van der Waals surface area contributed by atoms with E-state index in [9.17, 15) is 14.7 Å². The number of esters is 1. The van der Waals surface area contributed by atoms with Gasteiger partial charge in [0.15, 0.2) is 0 Å². The van der Waals surface area contributed by atoms with Crippen molar-refractivity contribution in [3.63, 3.8) is 0 Å². The van der Waals surface area contributed by atoms with E-state index >= 15 is 0 Å². The van der Waals surface area contributed by atoms with Gasteiger partial charge in [0.1, 0.15) is 17.4 Å². The number of benzene rings is 3. The van der Waals surface area contributed by atoms with Gasteiger partial charge >= 0.3 is 5.97 Å². The molecule has 0 aliphatic carbocycles. The van der Waals surface area contributed by atoms with Gasteiger partial charge in [0, 0.05) is 11.3 Å². The second-order valence-electron chi connectivity index (χ2n) is 10.0. The smallest absolute Gasteiger partial charge is 0.329 e. The first-order valence-corrected chi connectivity index (χ1v) is 12.3. The van der Waals surface area contributed by atoms with Gasteiger partial charge in [-0.1, -0.05) is 42.5 Å². The number of phenols is 1. The van der Waals surface area contributed by atoms with E-state index in [0.29, 0.717) is 30.5 Å². The lowest BCUT2D eigenvalue weighted by Gasteiger charge is -2.25. The summed E-state index contributed by atoms with van der Waals surface area (Å²) in [7, 11) is 0. The van der Waals surface area contributed by atoms with E-state index in [1.165, 1.54) is 0 Å². The molecule has 0 bridgehead atoms. The molecule has 1 amide bonds. The average Bonchev–Trinajstić information content (AvgIpc) is 2.83. The van der Waals surface area contributed by atoms with Crippen molar-refractivity contribution in [1.29, 1.82) is 0 Å². The Morgan fingerprint density at radius 2 is 1.58 bits per heavy atom. The number of carbonyl (C=O) groups excluding carboxylic acids is 2. The summed E-state index contributed by atoms with van der Waals surface area (Å²) in [5.74, 6) is -0.537. The van der Waals surface area contributed by atoms with Crippen molar-refractivity contribution in [3.8, 4) is 5.75 Å². The lowest BCUT2D eigenvalue weighted by Crippen LogP contribution is -2.44. The monoisotopic (exact) mass is 488 g/mol. The molecule has 0 aliphatic heterocycles. The zero-order chi connectivity index (χ0) is 26.1. The number of aromatic hydroxyl groups is 1. The Labute approximate surface area is 213 Å². The third kappa shape index (κ3) is 8.45. The summed E-state index contributed by atoms with van der Waals surface area (Å²) in [6, 6.07) is 21.4. The summed E-state index contributed by atoms with van der Waals surface area (Å²) < 4.78 is 5.58. The highest BCUT2D eigenvalue weighted by atomic mass is 16.6. The van der Waals surface area contributed by atoms with Crippen molar-refractivity contribution >= 4 is 17.6 Å². The molecule has 4 N–H and O–H groups in total. The van der Waals surface area contributed by atoms with Gasteiger partial charge < -0.3 is 20.9 Å². The number of nitrogen functional groups attached to an aromatic ring is 1. The number of amides is 1. The van der Waals surface area contributed by atoms with Gasteiger partial charge in [-0.25, -0.2) is 4.79 Å². The number of ether oxygens (including phenoxy) is 1. The summed E-state index contributed by atoms with van der Waals surface area (Å²) in [6.07, 6.45) is 3.44. The molecule has 36 heavy (non-hydrogen) atoms. The first-order valence-electron chi connectivity index (χ1n) is 12.3. The second-order valence-corrected chi connectivity index (χ2v) is 10.0. The molecule has 0 aromatic heterocycles. The molecule has 3 rings (SSSR count).